The van der Waals surface area contributed by atoms with Crippen molar-refractivity contribution in [2.75, 3.05) is 11.5 Å². The molecule has 8 heteroatoms. The summed E-state index contributed by atoms with van der Waals surface area (Å²) in [5.74, 6) is 0.329. The van der Waals surface area contributed by atoms with E-state index in [1.54, 1.807) is 0 Å². The Morgan fingerprint density at radius 3 is 2.76 bits per heavy atom. The van der Waals surface area contributed by atoms with Crippen LogP contribution in [-0.4, -0.2) is 29.5 Å². The standard InChI is InChI=1S/C13H16N2O3S3/c1-7-8(2)20-11-10(7)12(16)15(13(19)14-11)5-9-3-4-21(17,18)6-9/h9H,3-6H2,1-2H3,(H,14,19). The molecule has 1 atom stereocenters. The number of fused-ring (bicyclic) bond motifs is 1. The predicted octanol–water partition coefficient (Wildman–Crippen LogP) is 2.17. The van der Waals surface area contributed by atoms with Crippen LogP contribution in [0.4, 0.5) is 0 Å². The van der Waals surface area contributed by atoms with Gasteiger partial charge in [0.15, 0.2) is 14.6 Å². The Balaban J connectivity index is 2.09. The topological polar surface area (TPSA) is 71.9 Å². The minimum atomic E-state index is -2.95. The molecule has 1 saturated heterocycles. The zero-order valence-corrected chi connectivity index (χ0v) is 14.3. The highest BCUT2D eigenvalue weighted by Gasteiger charge is 2.28. The van der Waals surface area contributed by atoms with Gasteiger partial charge in [-0.15, -0.1) is 11.3 Å². The maximum absolute atomic E-state index is 12.7. The summed E-state index contributed by atoms with van der Waals surface area (Å²) in [4.78, 5) is 17.7. The van der Waals surface area contributed by atoms with Gasteiger partial charge in [-0.05, 0) is 44.0 Å². The highest BCUT2D eigenvalue weighted by atomic mass is 32.2. The van der Waals surface area contributed by atoms with Gasteiger partial charge in [-0.3, -0.25) is 9.36 Å². The van der Waals surface area contributed by atoms with Gasteiger partial charge in [0.25, 0.3) is 5.56 Å². The third kappa shape index (κ3) is 2.60. The highest BCUT2D eigenvalue weighted by molar-refractivity contribution is 7.91. The Hall–Kier alpha value is -0.990. The molecule has 0 aromatic carbocycles. The molecule has 3 rings (SSSR count). The molecule has 21 heavy (non-hydrogen) atoms. The first-order valence-corrected chi connectivity index (χ1v) is 9.76. The van der Waals surface area contributed by atoms with E-state index < -0.39 is 9.84 Å². The number of aromatic nitrogens is 2. The van der Waals surface area contributed by atoms with Gasteiger partial charge in [0.1, 0.15) is 4.83 Å². The van der Waals surface area contributed by atoms with Crippen molar-refractivity contribution >= 4 is 43.6 Å². The Morgan fingerprint density at radius 1 is 1.43 bits per heavy atom. The lowest BCUT2D eigenvalue weighted by Gasteiger charge is -2.11. The maximum Gasteiger partial charge on any atom is 0.263 e. The Labute approximate surface area is 131 Å². The Bertz CT molecular complexity index is 934. The number of H-pyrrole nitrogens is 1. The first-order chi connectivity index (χ1) is 9.78. The number of thiophene rings is 1. The number of nitrogens with zero attached hydrogens (tertiary/aromatic N) is 1. The summed E-state index contributed by atoms with van der Waals surface area (Å²) < 4.78 is 25.0. The van der Waals surface area contributed by atoms with Crippen LogP contribution in [0.3, 0.4) is 0 Å². The second kappa shape index (κ2) is 5.03. The van der Waals surface area contributed by atoms with Crippen LogP contribution in [-0.2, 0) is 16.4 Å². The number of nitrogens with one attached hydrogen (secondary N) is 1. The van der Waals surface area contributed by atoms with Gasteiger partial charge >= 0.3 is 0 Å². The van der Waals surface area contributed by atoms with Crippen molar-refractivity contribution in [1.82, 2.24) is 9.55 Å². The second-order valence-electron chi connectivity index (χ2n) is 5.60. The largest absolute Gasteiger partial charge is 0.323 e. The molecule has 2 aromatic heterocycles. The number of aryl methyl sites for hydroxylation is 2. The van der Waals surface area contributed by atoms with Crippen LogP contribution in [0.2, 0.25) is 0 Å². The third-order valence-electron chi connectivity index (χ3n) is 4.08. The predicted molar refractivity (Wildman–Crippen MR) is 87.5 cm³/mol. The van der Waals surface area contributed by atoms with Crippen LogP contribution in [0.5, 0.6) is 0 Å². The van der Waals surface area contributed by atoms with E-state index in [2.05, 4.69) is 4.98 Å². The van der Waals surface area contributed by atoms with E-state index in [-0.39, 0.29) is 23.0 Å². The average molecular weight is 344 g/mol. The summed E-state index contributed by atoms with van der Waals surface area (Å²) >= 11 is 6.80. The van der Waals surface area contributed by atoms with E-state index in [9.17, 15) is 13.2 Å². The molecule has 0 saturated carbocycles. The lowest BCUT2D eigenvalue weighted by Crippen LogP contribution is -2.26. The Kier molecular flexibility index (Phi) is 3.58. The van der Waals surface area contributed by atoms with Gasteiger partial charge in [-0.1, -0.05) is 0 Å². The molecule has 1 N–H and O–H groups in total. The van der Waals surface area contributed by atoms with E-state index in [1.165, 1.54) is 15.9 Å². The van der Waals surface area contributed by atoms with Crippen LogP contribution >= 0.6 is 23.6 Å². The first-order valence-electron chi connectivity index (χ1n) is 6.72. The first kappa shape index (κ1) is 14.9. The second-order valence-corrected chi connectivity index (χ2v) is 9.44. The summed E-state index contributed by atoms with van der Waals surface area (Å²) in [7, 11) is -2.95. The number of aromatic amines is 1. The zero-order valence-electron chi connectivity index (χ0n) is 11.8. The molecule has 5 nitrogen and oxygen atoms in total. The smallest absolute Gasteiger partial charge is 0.263 e. The minimum Gasteiger partial charge on any atom is -0.323 e. The van der Waals surface area contributed by atoms with Gasteiger partial charge in [0, 0.05) is 11.4 Å². The van der Waals surface area contributed by atoms with E-state index in [0.29, 0.717) is 23.1 Å². The fraction of sp³-hybridized carbons (Fsp3) is 0.538. The van der Waals surface area contributed by atoms with Crippen LogP contribution < -0.4 is 5.56 Å². The molecule has 0 radical (unpaired) electrons. The van der Waals surface area contributed by atoms with Crippen LogP contribution in [0, 0.1) is 24.5 Å². The van der Waals surface area contributed by atoms with Gasteiger partial charge < -0.3 is 4.98 Å². The van der Waals surface area contributed by atoms with Gasteiger partial charge in [0.05, 0.1) is 16.9 Å². The maximum atomic E-state index is 12.7. The molecule has 1 aliphatic heterocycles. The number of sulfone groups is 1. The molecule has 114 valence electrons. The van der Waals surface area contributed by atoms with Crippen molar-refractivity contribution in [1.29, 1.82) is 0 Å². The molecule has 0 amide bonds. The van der Waals surface area contributed by atoms with Crippen molar-refractivity contribution in [3.05, 3.63) is 25.6 Å². The van der Waals surface area contributed by atoms with E-state index >= 15 is 0 Å². The van der Waals surface area contributed by atoms with Crippen molar-refractivity contribution in [2.24, 2.45) is 5.92 Å². The molecule has 1 unspecified atom stereocenters. The summed E-state index contributed by atoms with van der Waals surface area (Å²) in [6.07, 6.45) is 0.600. The normalized spacial score (nSPS) is 21.1. The molecular weight excluding hydrogens is 328 g/mol. The van der Waals surface area contributed by atoms with Crippen LogP contribution in [0.25, 0.3) is 10.2 Å². The van der Waals surface area contributed by atoms with Crippen molar-refractivity contribution in [3.8, 4) is 0 Å². The summed E-state index contributed by atoms with van der Waals surface area (Å²) in [6.45, 7) is 4.28. The zero-order chi connectivity index (χ0) is 15.4. The third-order valence-corrected chi connectivity index (χ3v) is 7.36. The number of hydrogen-bond donors (Lipinski definition) is 1. The lowest BCUT2D eigenvalue weighted by atomic mass is 10.1. The fourth-order valence-electron chi connectivity index (χ4n) is 2.80. The SMILES string of the molecule is Cc1sc2[nH]c(=S)n(CC3CCS(=O)(=O)C3)c(=O)c2c1C. The molecule has 0 spiro atoms. The summed E-state index contributed by atoms with van der Waals surface area (Å²) in [5, 5.41) is 0.673. The lowest BCUT2D eigenvalue weighted by molar-refractivity contribution is 0.475. The minimum absolute atomic E-state index is 0.0275. The van der Waals surface area contributed by atoms with E-state index in [1.807, 2.05) is 13.8 Å². The quantitative estimate of drug-likeness (QED) is 0.848. The van der Waals surface area contributed by atoms with Crippen molar-refractivity contribution in [2.45, 2.75) is 26.8 Å². The fourth-order valence-corrected chi connectivity index (χ4v) is 6.03. The van der Waals surface area contributed by atoms with Crippen LogP contribution in [0.15, 0.2) is 4.79 Å². The van der Waals surface area contributed by atoms with Crippen molar-refractivity contribution in [3.63, 3.8) is 0 Å². The number of rotatable bonds is 2. The van der Waals surface area contributed by atoms with Gasteiger partial charge in [-0.25, -0.2) is 8.42 Å². The molecule has 2 aromatic rings. The van der Waals surface area contributed by atoms with Gasteiger partial charge in [0.2, 0.25) is 0 Å². The molecular formula is C13H16N2O3S3. The monoisotopic (exact) mass is 344 g/mol. The molecule has 1 fully saturated rings. The van der Waals surface area contributed by atoms with Crippen molar-refractivity contribution < 1.29 is 8.42 Å². The Morgan fingerprint density at radius 2 is 2.14 bits per heavy atom. The average Bonchev–Trinajstić information content (AvgIpc) is 2.86. The summed E-state index contributed by atoms with van der Waals surface area (Å²) in [5.41, 5.74) is 0.860. The highest BCUT2D eigenvalue weighted by Crippen LogP contribution is 2.26. The van der Waals surface area contributed by atoms with Gasteiger partial charge in [-0.2, -0.15) is 0 Å². The molecule has 0 bridgehead atoms. The van der Waals surface area contributed by atoms with Crippen LogP contribution in [0.1, 0.15) is 16.9 Å². The molecule has 0 aliphatic carbocycles. The molecule has 1 aliphatic rings. The number of hydrogen-bond acceptors (Lipinski definition) is 5. The molecule has 3 heterocycles. The van der Waals surface area contributed by atoms with E-state index in [0.717, 1.165) is 15.3 Å². The van der Waals surface area contributed by atoms with E-state index in [4.69, 9.17) is 12.2 Å². The summed E-state index contributed by atoms with van der Waals surface area (Å²) in [6, 6.07) is 0.